The summed E-state index contributed by atoms with van der Waals surface area (Å²) in [5.74, 6) is 3.15. The minimum Gasteiger partial charge on any atom is -0.495 e. The minimum absolute atomic E-state index is 0.105. The van der Waals surface area contributed by atoms with Gasteiger partial charge < -0.3 is 20.1 Å². The first kappa shape index (κ1) is 19.8. The van der Waals surface area contributed by atoms with Crippen LogP contribution in [0.4, 0.5) is 17.3 Å². The van der Waals surface area contributed by atoms with Crippen LogP contribution in [0.5, 0.6) is 11.5 Å². The van der Waals surface area contributed by atoms with Crippen molar-refractivity contribution in [2.75, 3.05) is 24.9 Å². The number of ether oxygens (including phenoxy) is 2. The lowest BCUT2D eigenvalue weighted by atomic mass is 10.1. The highest BCUT2D eigenvalue weighted by atomic mass is 35.5. The van der Waals surface area contributed by atoms with Crippen LogP contribution < -0.4 is 20.1 Å². The predicted octanol–water partition coefficient (Wildman–Crippen LogP) is 5.37. The van der Waals surface area contributed by atoms with E-state index in [0.29, 0.717) is 33.9 Å². The second kappa shape index (κ2) is 8.80. The second-order valence-electron chi connectivity index (χ2n) is 6.27. The average Bonchev–Trinajstić information content (AvgIpc) is 2.69. The number of halogens is 1. The van der Waals surface area contributed by atoms with E-state index in [-0.39, 0.29) is 6.04 Å². The number of rotatable bonds is 7. The van der Waals surface area contributed by atoms with Crippen molar-refractivity contribution >= 4 is 28.9 Å². The number of nitrogens with one attached hydrogen (secondary N) is 2. The normalized spacial score (nSPS) is 11.6. The molecule has 1 unspecified atom stereocenters. The fraction of sp³-hybridized carbons (Fsp3) is 0.238. The van der Waals surface area contributed by atoms with Crippen LogP contribution in [0.15, 0.2) is 48.5 Å². The zero-order chi connectivity index (χ0) is 20.1. The summed E-state index contributed by atoms with van der Waals surface area (Å²) in [7, 11) is 3.16. The van der Waals surface area contributed by atoms with Crippen LogP contribution in [-0.2, 0) is 0 Å². The number of hydrogen-bond donors (Lipinski definition) is 2. The lowest BCUT2D eigenvalue weighted by molar-refractivity contribution is 0.405. The summed E-state index contributed by atoms with van der Waals surface area (Å²) in [6.07, 6.45) is 0. The third kappa shape index (κ3) is 4.64. The van der Waals surface area contributed by atoms with E-state index in [9.17, 15) is 0 Å². The first-order chi connectivity index (χ1) is 13.5. The Morgan fingerprint density at radius 3 is 2.29 bits per heavy atom. The predicted molar refractivity (Wildman–Crippen MR) is 113 cm³/mol. The molecular weight excluding hydrogens is 376 g/mol. The molecule has 7 heteroatoms. The van der Waals surface area contributed by atoms with Gasteiger partial charge in [-0.05, 0) is 19.4 Å². The maximum atomic E-state index is 6.18. The van der Waals surface area contributed by atoms with E-state index in [0.717, 1.165) is 5.82 Å². The standard InChI is InChI=1S/C21H23ClN4O2/c1-13(15-8-6-5-7-9-15)23-20-12-21(25-14(2)24-20)26-17-11-18(27-3)16(22)10-19(17)28-4/h5-13H,1-4H3,(H2,23,24,25,26). The van der Waals surface area contributed by atoms with E-state index < -0.39 is 0 Å². The maximum absolute atomic E-state index is 6.18. The number of aryl methyl sites for hydroxylation is 1. The Bertz CT molecular complexity index is 951. The summed E-state index contributed by atoms with van der Waals surface area (Å²) >= 11 is 6.18. The van der Waals surface area contributed by atoms with Gasteiger partial charge in [-0.25, -0.2) is 9.97 Å². The topological polar surface area (TPSA) is 68.3 Å². The van der Waals surface area contributed by atoms with Gasteiger partial charge in [-0.15, -0.1) is 0 Å². The van der Waals surface area contributed by atoms with Gasteiger partial charge in [0.15, 0.2) is 0 Å². The van der Waals surface area contributed by atoms with Crippen LogP contribution in [0.1, 0.15) is 24.4 Å². The molecule has 0 fully saturated rings. The minimum atomic E-state index is 0.105. The average molecular weight is 399 g/mol. The molecular formula is C21H23ClN4O2. The molecule has 0 aliphatic rings. The highest BCUT2D eigenvalue weighted by Crippen LogP contribution is 2.37. The zero-order valence-electron chi connectivity index (χ0n) is 16.3. The van der Waals surface area contributed by atoms with Crippen molar-refractivity contribution in [3.63, 3.8) is 0 Å². The van der Waals surface area contributed by atoms with Crippen molar-refractivity contribution in [1.29, 1.82) is 0 Å². The number of aromatic nitrogens is 2. The van der Waals surface area contributed by atoms with Crippen LogP contribution in [0.25, 0.3) is 0 Å². The molecule has 3 rings (SSSR count). The highest BCUT2D eigenvalue weighted by molar-refractivity contribution is 6.32. The van der Waals surface area contributed by atoms with Gasteiger partial charge in [0.1, 0.15) is 29.0 Å². The van der Waals surface area contributed by atoms with E-state index in [1.54, 1.807) is 26.4 Å². The van der Waals surface area contributed by atoms with E-state index >= 15 is 0 Å². The summed E-state index contributed by atoms with van der Waals surface area (Å²) < 4.78 is 10.7. The number of nitrogens with zero attached hydrogens (tertiary/aromatic N) is 2. The van der Waals surface area contributed by atoms with Crippen molar-refractivity contribution in [2.24, 2.45) is 0 Å². The highest BCUT2D eigenvalue weighted by Gasteiger charge is 2.13. The molecule has 0 aliphatic heterocycles. The fourth-order valence-electron chi connectivity index (χ4n) is 2.85. The van der Waals surface area contributed by atoms with E-state index in [4.69, 9.17) is 21.1 Å². The van der Waals surface area contributed by atoms with Gasteiger partial charge in [0.25, 0.3) is 0 Å². The van der Waals surface area contributed by atoms with Crippen molar-refractivity contribution in [2.45, 2.75) is 19.9 Å². The van der Waals surface area contributed by atoms with Gasteiger partial charge >= 0.3 is 0 Å². The van der Waals surface area contributed by atoms with Gasteiger partial charge in [0.2, 0.25) is 0 Å². The molecule has 0 bridgehead atoms. The number of hydrogen-bond acceptors (Lipinski definition) is 6. The van der Waals surface area contributed by atoms with E-state index in [1.807, 2.05) is 31.2 Å². The molecule has 1 aromatic heterocycles. The molecule has 0 aliphatic carbocycles. The quantitative estimate of drug-likeness (QED) is 0.557. The van der Waals surface area contributed by atoms with Gasteiger partial charge in [-0.3, -0.25) is 0 Å². The molecule has 6 nitrogen and oxygen atoms in total. The Morgan fingerprint density at radius 2 is 1.61 bits per heavy atom. The van der Waals surface area contributed by atoms with Crippen molar-refractivity contribution in [3.05, 3.63) is 64.9 Å². The first-order valence-corrected chi connectivity index (χ1v) is 9.23. The molecule has 0 radical (unpaired) electrons. The number of anilines is 3. The van der Waals surface area contributed by atoms with Crippen LogP contribution in [0, 0.1) is 6.92 Å². The lowest BCUT2D eigenvalue weighted by Crippen LogP contribution is -2.09. The van der Waals surface area contributed by atoms with Crippen LogP contribution in [0.2, 0.25) is 5.02 Å². The van der Waals surface area contributed by atoms with Crippen molar-refractivity contribution < 1.29 is 9.47 Å². The van der Waals surface area contributed by atoms with Crippen molar-refractivity contribution in [1.82, 2.24) is 9.97 Å². The molecule has 0 saturated carbocycles. The lowest BCUT2D eigenvalue weighted by Gasteiger charge is -2.17. The monoisotopic (exact) mass is 398 g/mol. The SMILES string of the molecule is COc1cc(Nc2cc(NC(C)c3ccccc3)nc(C)n2)c(OC)cc1Cl. The molecule has 0 spiro atoms. The Hall–Kier alpha value is -2.99. The molecule has 146 valence electrons. The van der Waals surface area contributed by atoms with Crippen molar-refractivity contribution in [3.8, 4) is 11.5 Å². The van der Waals surface area contributed by atoms with Crippen LogP contribution in [0.3, 0.4) is 0 Å². The van der Waals surface area contributed by atoms with E-state index in [2.05, 4.69) is 39.7 Å². The molecule has 2 aromatic carbocycles. The summed E-state index contributed by atoms with van der Waals surface area (Å²) in [6.45, 7) is 3.94. The summed E-state index contributed by atoms with van der Waals surface area (Å²) in [5, 5.41) is 7.16. The van der Waals surface area contributed by atoms with Gasteiger partial charge in [-0.2, -0.15) is 0 Å². The molecule has 28 heavy (non-hydrogen) atoms. The van der Waals surface area contributed by atoms with Gasteiger partial charge in [-0.1, -0.05) is 41.9 Å². The van der Waals surface area contributed by atoms with Crippen LogP contribution >= 0.6 is 11.6 Å². The summed E-state index contributed by atoms with van der Waals surface area (Å²) in [4.78, 5) is 8.96. The number of benzene rings is 2. The third-order valence-electron chi connectivity index (χ3n) is 4.24. The number of methoxy groups -OCH3 is 2. The largest absolute Gasteiger partial charge is 0.495 e. The molecule has 0 amide bonds. The Kier molecular flexibility index (Phi) is 6.21. The summed E-state index contributed by atoms with van der Waals surface area (Å²) in [5.41, 5.74) is 1.88. The maximum Gasteiger partial charge on any atom is 0.144 e. The summed E-state index contributed by atoms with van der Waals surface area (Å²) in [6, 6.07) is 15.6. The molecule has 0 saturated heterocycles. The third-order valence-corrected chi connectivity index (χ3v) is 4.53. The smallest absolute Gasteiger partial charge is 0.144 e. The molecule has 1 heterocycles. The van der Waals surface area contributed by atoms with Crippen LogP contribution in [-0.4, -0.2) is 24.2 Å². The Balaban J connectivity index is 1.86. The molecule has 3 aromatic rings. The Labute approximate surface area is 169 Å². The fourth-order valence-corrected chi connectivity index (χ4v) is 3.08. The molecule has 2 N–H and O–H groups in total. The Morgan fingerprint density at radius 1 is 0.929 bits per heavy atom. The van der Waals surface area contributed by atoms with E-state index in [1.165, 1.54) is 5.56 Å². The first-order valence-electron chi connectivity index (χ1n) is 8.86. The zero-order valence-corrected chi connectivity index (χ0v) is 17.0. The van der Waals surface area contributed by atoms with Gasteiger partial charge in [0, 0.05) is 24.2 Å². The molecule has 1 atom stereocenters. The van der Waals surface area contributed by atoms with Gasteiger partial charge in [0.05, 0.1) is 24.9 Å². The second-order valence-corrected chi connectivity index (χ2v) is 6.68.